The van der Waals surface area contributed by atoms with Crippen molar-refractivity contribution in [3.05, 3.63) is 24.2 Å². The second-order valence-electron chi connectivity index (χ2n) is 4.40. The van der Waals surface area contributed by atoms with Gasteiger partial charge in [-0.15, -0.1) is 0 Å². The molecule has 0 saturated carbocycles. The number of amides is 1. The van der Waals surface area contributed by atoms with Gasteiger partial charge in [-0.05, 0) is 26.0 Å². The van der Waals surface area contributed by atoms with Crippen molar-refractivity contribution < 1.29 is 19.1 Å². The SMILES string of the molecule is CN(C(=O)CCc1ccco1)C(C)(C)C(=O)O. The van der Waals surface area contributed by atoms with Crippen molar-refractivity contribution in [1.82, 2.24) is 4.90 Å². The molecule has 0 saturated heterocycles. The molecule has 0 bridgehead atoms. The van der Waals surface area contributed by atoms with Crippen molar-refractivity contribution in [2.75, 3.05) is 7.05 Å². The molecular weight excluding hydrogens is 222 g/mol. The van der Waals surface area contributed by atoms with Crippen LogP contribution in [0, 0.1) is 0 Å². The number of carbonyl (C=O) groups is 2. The van der Waals surface area contributed by atoms with Crippen LogP contribution in [0.3, 0.4) is 0 Å². The van der Waals surface area contributed by atoms with Gasteiger partial charge in [0, 0.05) is 19.9 Å². The van der Waals surface area contributed by atoms with Gasteiger partial charge in [0.15, 0.2) is 0 Å². The third-order valence-electron chi connectivity index (χ3n) is 2.90. The summed E-state index contributed by atoms with van der Waals surface area (Å²) in [6.07, 6.45) is 2.26. The van der Waals surface area contributed by atoms with Gasteiger partial charge in [-0.1, -0.05) is 0 Å². The fourth-order valence-corrected chi connectivity index (χ4v) is 1.31. The zero-order valence-electron chi connectivity index (χ0n) is 10.3. The summed E-state index contributed by atoms with van der Waals surface area (Å²) in [5.74, 6) is -0.514. The van der Waals surface area contributed by atoms with E-state index in [1.54, 1.807) is 18.4 Å². The van der Waals surface area contributed by atoms with Crippen LogP contribution in [0.2, 0.25) is 0 Å². The van der Waals surface area contributed by atoms with Crippen molar-refractivity contribution in [3.8, 4) is 0 Å². The Morgan fingerprint density at radius 3 is 2.59 bits per heavy atom. The molecule has 0 aliphatic carbocycles. The molecule has 1 rings (SSSR count). The molecule has 0 aliphatic heterocycles. The number of hydrogen-bond donors (Lipinski definition) is 1. The highest BCUT2D eigenvalue weighted by atomic mass is 16.4. The van der Waals surface area contributed by atoms with Crippen molar-refractivity contribution in [1.29, 1.82) is 0 Å². The molecule has 5 heteroatoms. The van der Waals surface area contributed by atoms with Crippen molar-refractivity contribution in [2.45, 2.75) is 32.2 Å². The third-order valence-corrected chi connectivity index (χ3v) is 2.90. The largest absolute Gasteiger partial charge is 0.480 e. The van der Waals surface area contributed by atoms with Crippen LogP contribution in [0.1, 0.15) is 26.0 Å². The molecule has 94 valence electrons. The number of furan rings is 1. The van der Waals surface area contributed by atoms with Gasteiger partial charge < -0.3 is 14.4 Å². The molecule has 1 heterocycles. The quantitative estimate of drug-likeness (QED) is 0.846. The van der Waals surface area contributed by atoms with E-state index in [4.69, 9.17) is 9.52 Å². The number of carboxylic acid groups (broad SMARTS) is 1. The van der Waals surface area contributed by atoms with E-state index in [1.807, 2.05) is 0 Å². The highest BCUT2D eigenvalue weighted by molar-refractivity contribution is 5.86. The summed E-state index contributed by atoms with van der Waals surface area (Å²) in [4.78, 5) is 24.0. The number of rotatable bonds is 5. The van der Waals surface area contributed by atoms with Gasteiger partial charge in [0.2, 0.25) is 5.91 Å². The van der Waals surface area contributed by atoms with Crippen molar-refractivity contribution >= 4 is 11.9 Å². The highest BCUT2D eigenvalue weighted by Gasteiger charge is 2.34. The van der Waals surface area contributed by atoms with E-state index < -0.39 is 11.5 Å². The minimum absolute atomic E-state index is 0.214. The predicted molar refractivity (Wildman–Crippen MR) is 61.5 cm³/mol. The smallest absolute Gasteiger partial charge is 0.329 e. The Bertz CT molecular complexity index is 395. The lowest BCUT2D eigenvalue weighted by Gasteiger charge is -2.31. The fraction of sp³-hybridized carbons (Fsp3) is 0.500. The average molecular weight is 239 g/mol. The Morgan fingerprint density at radius 1 is 1.47 bits per heavy atom. The Labute approximate surface area is 100 Å². The maximum Gasteiger partial charge on any atom is 0.329 e. The summed E-state index contributed by atoms with van der Waals surface area (Å²) in [7, 11) is 1.50. The number of likely N-dealkylation sites (N-methyl/N-ethyl adjacent to an activating group) is 1. The highest BCUT2D eigenvalue weighted by Crippen LogP contribution is 2.15. The summed E-state index contributed by atoms with van der Waals surface area (Å²) in [6.45, 7) is 3.00. The number of hydrogen-bond acceptors (Lipinski definition) is 3. The van der Waals surface area contributed by atoms with Crippen LogP contribution >= 0.6 is 0 Å². The molecule has 5 nitrogen and oxygen atoms in total. The predicted octanol–water partition coefficient (Wildman–Crippen LogP) is 1.53. The lowest BCUT2D eigenvalue weighted by atomic mass is 10.0. The zero-order valence-corrected chi connectivity index (χ0v) is 10.3. The Balaban J connectivity index is 2.56. The summed E-state index contributed by atoms with van der Waals surface area (Å²) in [5, 5.41) is 9.00. The topological polar surface area (TPSA) is 70.8 Å². The van der Waals surface area contributed by atoms with Gasteiger partial charge in [0.1, 0.15) is 11.3 Å². The number of nitrogens with zero attached hydrogens (tertiary/aromatic N) is 1. The Hall–Kier alpha value is -1.78. The number of carboxylic acids is 1. The molecule has 1 aromatic rings. The summed E-state index contributed by atoms with van der Waals surface area (Å²) in [6, 6.07) is 3.54. The maximum atomic E-state index is 11.8. The van der Waals surface area contributed by atoms with E-state index in [9.17, 15) is 9.59 Å². The number of carbonyl (C=O) groups excluding carboxylic acids is 1. The first kappa shape index (κ1) is 13.3. The van der Waals surface area contributed by atoms with Crippen LogP contribution in [0.4, 0.5) is 0 Å². The summed E-state index contributed by atoms with van der Waals surface area (Å²) >= 11 is 0. The minimum atomic E-state index is -1.19. The number of aryl methyl sites for hydroxylation is 1. The Morgan fingerprint density at radius 2 is 2.12 bits per heavy atom. The maximum absolute atomic E-state index is 11.8. The van der Waals surface area contributed by atoms with E-state index in [2.05, 4.69) is 0 Å². The second-order valence-corrected chi connectivity index (χ2v) is 4.40. The van der Waals surface area contributed by atoms with Crippen LogP contribution in [0.25, 0.3) is 0 Å². The first-order valence-electron chi connectivity index (χ1n) is 5.38. The molecular formula is C12H17NO4. The molecule has 0 spiro atoms. The monoisotopic (exact) mass is 239 g/mol. The number of aliphatic carboxylic acids is 1. The fourth-order valence-electron chi connectivity index (χ4n) is 1.31. The second kappa shape index (κ2) is 5.03. The van der Waals surface area contributed by atoms with E-state index >= 15 is 0 Å². The normalized spacial score (nSPS) is 11.2. The van der Waals surface area contributed by atoms with Gasteiger partial charge in [-0.2, -0.15) is 0 Å². The van der Waals surface area contributed by atoms with Gasteiger partial charge in [0.25, 0.3) is 0 Å². The lowest BCUT2D eigenvalue weighted by Crippen LogP contribution is -2.50. The van der Waals surface area contributed by atoms with Gasteiger partial charge in [-0.25, -0.2) is 4.79 Å². The molecule has 1 aromatic heterocycles. The van der Waals surface area contributed by atoms with E-state index in [0.29, 0.717) is 6.42 Å². The molecule has 17 heavy (non-hydrogen) atoms. The molecule has 1 N–H and O–H groups in total. The molecule has 0 aromatic carbocycles. The van der Waals surface area contributed by atoms with Crippen LogP contribution in [-0.4, -0.2) is 34.5 Å². The molecule has 0 atom stereocenters. The Kier molecular flexibility index (Phi) is 3.93. The third kappa shape index (κ3) is 3.09. The molecule has 0 unspecified atom stereocenters. The van der Waals surface area contributed by atoms with Crippen molar-refractivity contribution in [3.63, 3.8) is 0 Å². The first-order chi connectivity index (χ1) is 7.85. The lowest BCUT2D eigenvalue weighted by molar-refractivity contribution is -0.155. The van der Waals surface area contributed by atoms with E-state index in [-0.39, 0.29) is 12.3 Å². The van der Waals surface area contributed by atoms with Crippen molar-refractivity contribution in [2.24, 2.45) is 0 Å². The molecule has 0 aliphatic rings. The van der Waals surface area contributed by atoms with Crippen LogP contribution in [0.5, 0.6) is 0 Å². The van der Waals surface area contributed by atoms with E-state index in [1.165, 1.54) is 25.8 Å². The van der Waals surface area contributed by atoms with E-state index in [0.717, 1.165) is 5.76 Å². The average Bonchev–Trinajstić information content (AvgIpc) is 2.77. The summed E-state index contributed by atoms with van der Waals surface area (Å²) in [5.41, 5.74) is -1.19. The van der Waals surface area contributed by atoms with Crippen LogP contribution in [-0.2, 0) is 16.0 Å². The minimum Gasteiger partial charge on any atom is -0.480 e. The van der Waals surface area contributed by atoms with Crippen LogP contribution < -0.4 is 0 Å². The molecule has 1 amide bonds. The van der Waals surface area contributed by atoms with Gasteiger partial charge in [-0.3, -0.25) is 4.79 Å². The summed E-state index contributed by atoms with van der Waals surface area (Å²) < 4.78 is 5.11. The van der Waals surface area contributed by atoms with Gasteiger partial charge >= 0.3 is 5.97 Å². The van der Waals surface area contributed by atoms with Crippen LogP contribution in [0.15, 0.2) is 22.8 Å². The zero-order chi connectivity index (χ0) is 13.1. The molecule has 0 fully saturated rings. The van der Waals surface area contributed by atoms with Gasteiger partial charge in [0.05, 0.1) is 6.26 Å². The standard InChI is InChI=1S/C12H17NO4/c1-12(2,11(15)16)13(3)10(14)7-6-9-5-4-8-17-9/h4-5,8H,6-7H2,1-3H3,(H,15,16). The molecule has 0 radical (unpaired) electrons. The first-order valence-corrected chi connectivity index (χ1v) is 5.38.